The van der Waals surface area contributed by atoms with Gasteiger partial charge in [0.25, 0.3) is 0 Å². The summed E-state index contributed by atoms with van der Waals surface area (Å²) in [5.74, 6) is 2.28. The molecule has 8 heteroatoms. The molecule has 2 heterocycles. The summed E-state index contributed by atoms with van der Waals surface area (Å²) in [4.78, 5) is 5.01. The van der Waals surface area contributed by atoms with Gasteiger partial charge in [-0.1, -0.05) is 78.0 Å². The number of aryl methyl sites for hydroxylation is 1. The van der Waals surface area contributed by atoms with Crippen LogP contribution in [0.25, 0.3) is 0 Å². The predicted octanol–water partition coefficient (Wildman–Crippen LogP) is 2.91. The Morgan fingerprint density at radius 2 is 1.45 bits per heavy atom. The Balaban J connectivity index is 1.73. The van der Waals surface area contributed by atoms with E-state index in [9.17, 15) is 8.42 Å². The maximum Gasteiger partial charge on any atom is 0.338 e. The molecule has 2 aliphatic rings. The van der Waals surface area contributed by atoms with E-state index in [0.29, 0.717) is 18.0 Å². The van der Waals surface area contributed by atoms with Crippen LogP contribution in [0, 0.1) is 6.92 Å². The van der Waals surface area contributed by atoms with E-state index in [1.54, 1.807) is 16.4 Å². The molecule has 5 nitrogen and oxygen atoms in total. The Kier molecular flexibility index (Phi) is 6.85. The Bertz CT molecular complexity index is 1150. The van der Waals surface area contributed by atoms with Gasteiger partial charge in [0, 0.05) is 26.2 Å². The highest BCUT2D eigenvalue weighted by Gasteiger charge is 2.37. The van der Waals surface area contributed by atoms with Crippen LogP contribution in [0.5, 0.6) is 0 Å². The SMILES string of the molecule is Cc1ccc(S(=O)(=O)N2CC(=CB3N(C)CCN3C)C(=C[Si](C)(C)c3ccccc3)C2)cc1. The molecule has 33 heavy (non-hydrogen) atoms. The number of benzene rings is 2. The van der Waals surface area contributed by atoms with Gasteiger partial charge >= 0.3 is 6.98 Å². The van der Waals surface area contributed by atoms with E-state index in [1.807, 2.05) is 25.1 Å². The lowest BCUT2D eigenvalue weighted by Crippen LogP contribution is -2.40. The van der Waals surface area contributed by atoms with Crippen LogP contribution >= 0.6 is 0 Å². The fourth-order valence-electron chi connectivity index (χ4n) is 4.70. The van der Waals surface area contributed by atoms with Crippen LogP contribution in [0.1, 0.15) is 5.56 Å². The lowest BCUT2D eigenvalue weighted by Gasteiger charge is -2.21. The first kappa shape index (κ1) is 24.2. The minimum absolute atomic E-state index is 0.187. The normalized spacial score (nSPS) is 21.5. The van der Waals surface area contributed by atoms with E-state index in [-0.39, 0.29) is 6.98 Å². The summed E-state index contributed by atoms with van der Waals surface area (Å²) in [6, 6.07) is 17.8. The van der Waals surface area contributed by atoms with E-state index in [2.05, 4.69) is 72.8 Å². The number of likely N-dealkylation sites (N-methyl/N-ethyl adjacent to an activating group) is 2. The van der Waals surface area contributed by atoms with Crippen molar-refractivity contribution in [2.24, 2.45) is 0 Å². The molecule has 2 saturated heterocycles. The highest BCUT2D eigenvalue weighted by atomic mass is 32.2. The summed E-state index contributed by atoms with van der Waals surface area (Å²) >= 11 is 0. The maximum atomic E-state index is 13.5. The second-order valence-electron chi connectivity index (χ2n) is 9.91. The van der Waals surface area contributed by atoms with E-state index in [1.165, 1.54) is 5.19 Å². The fourth-order valence-corrected chi connectivity index (χ4v) is 8.47. The highest BCUT2D eigenvalue weighted by Crippen LogP contribution is 2.30. The van der Waals surface area contributed by atoms with Crippen LogP contribution in [-0.4, -0.2) is 77.7 Å². The van der Waals surface area contributed by atoms with Gasteiger partial charge in [-0.25, -0.2) is 8.42 Å². The Hall–Kier alpha value is -1.97. The molecule has 0 atom stereocenters. The van der Waals surface area contributed by atoms with Crippen molar-refractivity contribution >= 4 is 30.3 Å². The lowest BCUT2D eigenvalue weighted by molar-refractivity contribution is 0.489. The van der Waals surface area contributed by atoms with E-state index in [0.717, 1.165) is 29.8 Å². The molecule has 0 saturated carbocycles. The molecule has 4 rings (SSSR count). The van der Waals surface area contributed by atoms with E-state index >= 15 is 0 Å². The van der Waals surface area contributed by atoms with Gasteiger partial charge < -0.3 is 9.62 Å². The summed E-state index contributed by atoms with van der Waals surface area (Å²) in [5.41, 5.74) is 5.74. The zero-order valence-corrected chi connectivity index (χ0v) is 22.1. The average molecular weight is 480 g/mol. The third-order valence-corrected chi connectivity index (χ3v) is 11.6. The van der Waals surface area contributed by atoms with Crippen molar-refractivity contribution in [3.8, 4) is 0 Å². The van der Waals surface area contributed by atoms with Gasteiger partial charge in [0.2, 0.25) is 10.0 Å². The van der Waals surface area contributed by atoms with Crippen LogP contribution in [0.3, 0.4) is 0 Å². The highest BCUT2D eigenvalue weighted by molar-refractivity contribution is 7.89. The summed E-state index contributed by atoms with van der Waals surface area (Å²) < 4.78 is 28.6. The molecule has 0 amide bonds. The first-order valence-corrected chi connectivity index (χ1v) is 16.1. The van der Waals surface area contributed by atoms with E-state index in [4.69, 9.17) is 0 Å². The maximum absolute atomic E-state index is 13.5. The van der Waals surface area contributed by atoms with Crippen molar-refractivity contribution < 1.29 is 8.42 Å². The molecule has 2 aliphatic heterocycles. The molecule has 0 unspecified atom stereocenters. The predicted molar refractivity (Wildman–Crippen MR) is 141 cm³/mol. The van der Waals surface area contributed by atoms with Crippen molar-refractivity contribution in [3.63, 3.8) is 0 Å². The van der Waals surface area contributed by atoms with Gasteiger partial charge in [0.15, 0.2) is 0 Å². The molecule has 2 aromatic carbocycles. The summed E-state index contributed by atoms with van der Waals surface area (Å²) in [7, 11) is -1.20. The third kappa shape index (κ3) is 5.10. The fraction of sp³-hybridized carbons (Fsp3) is 0.360. The second-order valence-corrected chi connectivity index (χ2v) is 16.2. The molecule has 174 valence electrons. The largest absolute Gasteiger partial charge is 0.338 e. The summed E-state index contributed by atoms with van der Waals surface area (Å²) in [5, 5.41) is 1.35. The minimum Gasteiger partial charge on any atom is -0.326 e. The summed E-state index contributed by atoms with van der Waals surface area (Å²) in [6.07, 6.45) is 0. The number of hydrogen-bond donors (Lipinski definition) is 0. The Labute approximate surface area is 200 Å². The quantitative estimate of drug-likeness (QED) is 0.619. The summed E-state index contributed by atoms with van der Waals surface area (Å²) in [6.45, 7) is 9.69. The van der Waals surface area contributed by atoms with Gasteiger partial charge in [-0.2, -0.15) is 4.31 Å². The molecule has 0 radical (unpaired) electrons. The molecule has 0 N–H and O–H groups in total. The molecule has 2 aromatic rings. The van der Waals surface area contributed by atoms with Crippen LogP contribution in [0.2, 0.25) is 13.1 Å². The minimum atomic E-state index is -3.56. The standard InChI is InChI=1S/C25H34BN3O2SSi/c1-21-11-13-24(14-12-21)32(30,31)29-18-22(17-26-27(2)15-16-28(26)3)23(19-29)20-33(4,5)25-9-7-6-8-10-25/h6-14,17,20H,15-16,18-19H2,1-5H3. The Morgan fingerprint density at radius 1 is 0.879 bits per heavy atom. The zero-order valence-electron chi connectivity index (χ0n) is 20.3. The van der Waals surface area contributed by atoms with Crippen LogP contribution in [-0.2, 0) is 10.0 Å². The van der Waals surface area contributed by atoms with Gasteiger partial charge in [0.05, 0.1) is 4.90 Å². The number of hydrogen-bond acceptors (Lipinski definition) is 4. The second kappa shape index (κ2) is 9.35. The number of nitrogens with zero attached hydrogens (tertiary/aromatic N) is 3. The average Bonchev–Trinajstić information content (AvgIpc) is 3.33. The molecule has 0 aromatic heterocycles. The number of sulfonamides is 1. The van der Waals surface area contributed by atoms with Crippen LogP contribution in [0.15, 0.2) is 82.3 Å². The Morgan fingerprint density at radius 3 is 2.06 bits per heavy atom. The smallest absolute Gasteiger partial charge is 0.326 e. The number of rotatable bonds is 5. The van der Waals surface area contributed by atoms with Gasteiger partial charge in [0.1, 0.15) is 8.07 Å². The van der Waals surface area contributed by atoms with Gasteiger partial charge in [-0.3, -0.25) is 0 Å². The van der Waals surface area contributed by atoms with Crippen molar-refractivity contribution in [2.45, 2.75) is 24.9 Å². The molecule has 0 bridgehead atoms. The monoisotopic (exact) mass is 479 g/mol. The van der Waals surface area contributed by atoms with Crippen molar-refractivity contribution in [3.05, 3.63) is 83.0 Å². The molecular formula is C25H34BN3O2SSi. The zero-order chi connectivity index (χ0) is 23.8. The first-order valence-electron chi connectivity index (χ1n) is 11.5. The molecule has 2 fully saturated rings. The van der Waals surface area contributed by atoms with Crippen LogP contribution < -0.4 is 5.19 Å². The topological polar surface area (TPSA) is 43.9 Å². The van der Waals surface area contributed by atoms with E-state index < -0.39 is 18.1 Å². The van der Waals surface area contributed by atoms with Crippen molar-refractivity contribution in [1.82, 2.24) is 13.9 Å². The van der Waals surface area contributed by atoms with Gasteiger partial charge in [-0.15, -0.1) is 0 Å². The van der Waals surface area contributed by atoms with Crippen LogP contribution in [0.4, 0.5) is 0 Å². The molecule has 0 spiro atoms. The molecular weight excluding hydrogens is 445 g/mol. The van der Waals surface area contributed by atoms with Crippen molar-refractivity contribution in [1.29, 1.82) is 0 Å². The third-order valence-electron chi connectivity index (χ3n) is 6.88. The first-order chi connectivity index (χ1) is 15.6. The lowest BCUT2D eigenvalue weighted by atomic mass is 9.72. The van der Waals surface area contributed by atoms with Gasteiger partial charge in [-0.05, 0) is 44.3 Å². The molecule has 0 aliphatic carbocycles. The van der Waals surface area contributed by atoms with Crippen molar-refractivity contribution in [2.75, 3.05) is 40.3 Å².